The maximum atomic E-state index is 12.3. The summed E-state index contributed by atoms with van der Waals surface area (Å²) >= 11 is 0. The van der Waals surface area contributed by atoms with Crippen LogP contribution in [0.3, 0.4) is 0 Å². The number of nitrogens with zero attached hydrogens (tertiary/aromatic N) is 2. The van der Waals surface area contributed by atoms with Crippen LogP contribution in [0, 0.1) is 0 Å². The predicted octanol–water partition coefficient (Wildman–Crippen LogP) is 3.80. The van der Waals surface area contributed by atoms with Gasteiger partial charge in [0, 0.05) is 29.8 Å². The van der Waals surface area contributed by atoms with Gasteiger partial charge < -0.3 is 24.3 Å². The second-order valence-corrected chi connectivity index (χ2v) is 11.5. The Bertz CT molecular complexity index is 807. The standard InChI is InChI=1S/C24H38BN3O4/c1-22(2,3)30-21(29)27-17-13-18-9-8-10-19(14-17)28(18)20-12-11-16(15-26-20)25-31-23(4,5)24(6,7)32-25/h11-12,15,17-19H,8-10,13-14H2,1-7H3,(H,27,29)/t17?,18-,19+. The number of piperidine rings is 2. The van der Waals surface area contributed by atoms with E-state index in [9.17, 15) is 4.79 Å². The van der Waals surface area contributed by atoms with Crippen LogP contribution in [0.4, 0.5) is 10.6 Å². The number of aromatic nitrogens is 1. The number of pyridine rings is 1. The molecule has 176 valence electrons. The summed E-state index contributed by atoms with van der Waals surface area (Å²) in [5, 5.41) is 3.10. The second kappa shape index (κ2) is 8.21. The van der Waals surface area contributed by atoms with Gasteiger partial charge in [-0.25, -0.2) is 9.78 Å². The molecule has 3 aliphatic heterocycles. The molecule has 32 heavy (non-hydrogen) atoms. The molecule has 3 saturated heterocycles. The third-order valence-electron chi connectivity index (χ3n) is 7.26. The van der Waals surface area contributed by atoms with E-state index in [1.54, 1.807) is 0 Å². The van der Waals surface area contributed by atoms with Crippen LogP contribution < -0.4 is 15.7 Å². The van der Waals surface area contributed by atoms with Gasteiger partial charge in [0.2, 0.25) is 0 Å². The van der Waals surface area contributed by atoms with Gasteiger partial charge in [0.1, 0.15) is 11.4 Å². The number of hydrogen-bond donors (Lipinski definition) is 1. The molecule has 1 N–H and O–H groups in total. The fourth-order valence-corrected chi connectivity index (χ4v) is 5.02. The molecule has 7 nitrogen and oxygen atoms in total. The molecule has 3 atom stereocenters. The molecule has 0 aromatic carbocycles. The minimum absolute atomic E-state index is 0.139. The zero-order valence-electron chi connectivity index (χ0n) is 20.6. The van der Waals surface area contributed by atoms with Gasteiger partial charge in [-0.15, -0.1) is 0 Å². The highest BCUT2D eigenvalue weighted by Gasteiger charge is 2.52. The molecule has 2 bridgehead atoms. The summed E-state index contributed by atoms with van der Waals surface area (Å²) in [4.78, 5) is 19.5. The van der Waals surface area contributed by atoms with Crippen molar-refractivity contribution >= 4 is 24.5 Å². The summed E-state index contributed by atoms with van der Waals surface area (Å²) in [6.07, 6.45) is 6.84. The molecule has 4 heterocycles. The lowest BCUT2D eigenvalue weighted by atomic mass is 9.80. The average Bonchev–Trinajstić information content (AvgIpc) is 2.87. The maximum absolute atomic E-state index is 12.3. The van der Waals surface area contributed by atoms with Crippen LogP contribution in [0.5, 0.6) is 0 Å². The Morgan fingerprint density at radius 2 is 1.72 bits per heavy atom. The molecule has 0 saturated carbocycles. The third kappa shape index (κ3) is 4.76. The van der Waals surface area contributed by atoms with Crippen LogP contribution in [-0.4, -0.2) is 53.1 Å². The van der Waals surface area contributed by atoms with E-state index in [0.29, 0.717) is 12.1 Å². The Labute approximate surface area is 192 Å². The van der Waals surface area contributed by atoms with Crippen LogP contribution in [0.15, 0.2) is 18.3 Å². The van der Waals surface area contributed by atoms with Gasteiger partial charge in [0.15, 0.2) is 0 Å². The smallest absolute Gasteiger partial charge is 0.444 e. The monoisotopic (exact) mass is 443 g/mol. The highest BCUT2D eigenvalue weighted by molar-refractivity contribution is 6.62. The molecule has 0 aliphatic carbocycles. The molecule has 3 fully saturated rings. The number of fused-ring (bicyclic) bond motifs is 2. The Hall–Kier alpha value is -1.80. The van der Waals surface area contributed by atoms with Gasteiger partial charge in [0.05, 0.1) is 11.2 Å². The first-order valence-corrected chi connectivity index (χ1v) is 11.9. The summed E-state index contributed by atoms with van der Waals surface area (Å²) < 4.78 is 17.8. The van der Waals surface area contributed by atoms with Crippen LogP contribution in [-0.2, 0) is 14.0 Å². The second-order valence-electron chi connectivity index (χ2n) is 11.5. The van der Waals surface area contributed by atoms with Crippen molar-refractivity contribution in [3.8, 4) is 0 Å². The van der Waals surface area contributed by atoms with Crippen molar-refractivity contribution in [1.82, 2.24) is 10.3 Å². The van der Waals surface area contributed by atoms with E-state index < -0.39 is 12.7 Å². The number of carbonyl (C=O) groups is 1. The highest BCUT2D eigenvalue weighted by Crippen LogP contribution is 2.38. The lowest BCUT2D eigenvalue weighted by Gasteiger charge is -2.49. The number of amides is 1. The summed E-state index contributed by atoms with van der Waals surface area (Å²) in [5.74, 6) is 0.996. The van der Waals surface area contributed by atoms with Gasteiger partial charge in [-0.3, -0.25) is 0 Å². The quantitative estimate of drug-likeness (QED) is 0.717. The van der Waals surface area contributed by atoms with E-state index in [1.165, 1.54) is 6.42 Å². The number of rotatable bonds is 3. The Morgan fingerprint density at radius 3 is 2.22 bits per heavy atom. The lowest BCUT2D eigenvalue weighted by molar-refractivity contribution is 0.00578. The van der Waals surface area contributed by atoms with Crippen LogP contribution in [0.2, 0.25) is 0 Å². The molecular weight excluding hydrogens is 405 g/mol. The van der Waals surface area contributed by atoms with Crippen molar-refractivity contribution in [1.29, 1.82) is 0 Å². The first-order chi connectivity index (χ1) is 14.8. The van der Waals surface area contributed by atoms with Crippen LogP contribution >= 0.6 is 0 Å². The van der Waals surface area contributed by atoms with Crippen molar-refractivity contribution in [2.75, 3.05) is 4.90 Å². The van der Waals surface area contributed by atoms with Crippen molar-refractivity contribution in [3.63, 3.8) is 0 Å². The van der Waals surface area contributed by atoms with E-state index >= 15 is 0 Å². The summed E-state index contributed by atoms with van der Waals surface area (Å²) in [5.41, 5.74) is -0.268. The van der Waals surface area contributed by atoms with Crippen LogP contribution in [0.1, 0.15) is 80.6 Å². The van der Waals surface area contributed by atoms with Gasteiger partial charge in [-0.1, -0.05) is 6.07 Å². The SMILES string of the molecule is CC(C)(C)OC(=O)NC1C[C@H]2CCC[C@@H](C1)N2c1ccc(B2OC(C)(C)C(C)(C)O2)cn1. The number of anilines is 1. The molecule has 1 unspecified atom stereocenters. The Balaban J connectivity index is 1.43. The van der Waals surface area contributed by atoms with Crippen molar-refractivity contribution in [3.05, 3.63) is 18.3 Å². The fourth-order valence-electron chi connectivity index (χ4n) is 5.02. The molecular formula is C24H38BN3O4. The number of ether oxygens (including phenoxy) is 1. The molecule has 8 heteroatoms. The molecule has 0 radical (unpaired) electrons. The van der Waals surface area contributed by atoms with Crippen molar-refractivity contribution in [2.45, 2.75) is 115 Å². The highest BCUT2D eigenvalue weighted by atomic mass is 16.7. The number of alkyl carbamates (subject to hydrolysis) is 1. The topological polar surface area (TPSA) is 72.9 Å². The minimum Gasteiger partial charge on any atom is -0.444 e. The molecule has 0 spiro atoms. The Kier molecular flexibility index (Phi) is 5.99. The van der Waals surface area contributed by atoms with Gasteiger partial charge in [-0.05, 0) is 86.6 Å². The molecule has 3 aliphatic rings. The van der Waals surface area contributed by atoms with E-state index in [-0.39, 0.29) is 23.3 Å². The fraction of sp³-hybridized carbons (Fsp3) is 0.750. The normalized spacial score (nSPS) is 29.0. The van der Waals surface area contributed by atoms with Crippen molar-refractivity contribution < 1.29 is 18.8 Å². The molecule has 1 amide bonds. The first kappa shape index (κ1) is 23.4. The van der Waals surface area contributed by atoms with Gasteiger partial charge in [-0.2, -0.15) is 0 Å². The lowest BCUT2D eigenvalue weighted by Crippen LogP contribution is -2.57. The number of hydrogen-bond acceptors (Lipinski definition) is 6. The van der Waals surface area contributed by atoms with E-state index in [0.717, 1.165) is 37.0 Å². The van der Waals surface area contributed by atoms with E-state index in [2.05, 4.69) is 50.0 Å². The Morgan fingerprint density at radius 1 is 1.12 bits per heavy atom. The summed E-state index contributed by atoms with van der Waals surface area (Å²) in [6.45, 7) is 13.9. The van der Waals surface area contributed by atoms with E-state index in [1.807, 2.05) is 27.0 Å². The maximum Gasteiger partial charge on any atom is 0.496 e. The van der Waals surface area contributed by atoms with Gasteiger partial charge >= 0.3 is 13.2 Å². The zero-order chi connectivity index (χ0) is 23.3. The van der Waals surface area contributed by atoms with Crippen LogP contribution in [0.25, 0.3) is 0 Å². The summed E-state index contributed by atoms with van der Waals surface area (Å²) in [7, 11) is -0.398. The summed E-state index contributed by atoms with van der Waals surface area (Å²) in [6, 6.07) is 5.05. The largest absolute Gasteiger partial charge is 0.496 e. The molecule has 1 aromatic heterocycles. The minimum atomic E-state index is -0.483. The molecule has 1 aromatic rings. The van der Waals surface area contributed by atoms with Crippen molar-refractivity contribution in [2.24, 2.45) is 0 Å². The third-order valence-corrected chi connectivity index (χ3v) is 7.26. The predicted molar refractivity (Wildman–Crippen MR) is 126 cm³/mol. The number of nitrogens with one attached hydrogen (secondary N) is 1. The average molecular weight is 443 g/mol. The zero-order valence-corrected chi connectivity index (χ0v) is 20.6. The first-order valence-electron chi connectivity index (χ1n) is 11.9. The van der Waals surface area contributed by atoms with E-state index in [4.69, 9.17) is 19.0 Å². The van der Waals surface area contributed by atoms with Gasteiger partial charge in [0.25, 0.3) is 0 Å². The number of carbonyl (C=O) groups excluding carboxylic acids is 1. The molecule has 4 rings (SSSR count).